The molecule has 0 bridgehead atoms. The maximum Gasteiger partial charge on any atom is 0.0691 e. The van der Waals surface area contributed by atoms with Gasteiger partial charge in [0, 0.05) is 30.0 Å². The Labute approximate surface area is 111 Å². The zero-order chi connectivity index (χ0) is 13.2. The third-order valence-electron chi connectivity index (χ3n) is 6.19. The van der Waals surface area contributed by atoms with E-state index in [1.54, 1.807) is 0 Å². The first-order valence-electron chi connectivity index (χ1n) is 7.40. The van der Waals surface area contributed by atoms with E-state index in [9.17, 15) is 0 Å². The van der Waals surface area contributed by atoms with E-state index < -0.39 is 0 Å². The molecular weight excluding hydrogens is 224 g/mol. The van der Waals surface area contributed by atoms with Gasteiger partial charge < -0.3 is 15.8 Å². The zero-order valence-electron chi connectivity index (χ0n) is 12.3. The van der Waals surface area contributed by atoms with Crippen molar-refractivity contribution in [1.82, 2.24) is 5.32 Å². The molecule has 104 valence electrons. The number of hydrogen-bond acceptors (Lipinski definition) is 3. The Balaban J connectivity index is 1.55. The molecule has 1 heterocycles. The highest BCUT2D eigenvalue weighted by atomic mass is 16.5. The predicted octanol–water partition coefficient (Wildman–Crippen LogP) is 1.76. The summed E-state index contributed by atoms with van der Waals surface area (Å²) >= 11 is 0. The molecule has 18 heavy (non-hydrogen) atoms. The summed E-state index contributed by atoms with van der Waals surface area (Å²) in [6.07, 6.45) is 2.89. The molecule has 2 aliphatic carbocycles. The van der Waals surface area contributed by atoms with E-state index in [0.717, 1.165) is 32.0 Å². The van der Waals surface area contributed by atoms with Gasteiger partial charge in [0.15, 0.2) is 0 Å². The highest BCUT2D eigenvalue weighted by molar-refractivity contribution is 5.21. The Morgan fingerprint density at radius 2 is 1.94 bits per heavy atom. The maximum atomic E-state index is 6.70. The largest absolute Gasteiger partial charge is 0.377 e. The third kappa shape index (κ3) is 1.60. The van der Waals surface area contributed by atoms with Crippen molar-refractivity contribution in [1.29, 1.82) is 0 Å². The molecule has 2 saturated carbocycles. The van der Waals surface area contributed by atoms with Gasteiger partial charge in [0.2, 0.25) is 0 Å². The van der Waals surface area contributed by atoms with Crippen LogP contribution in [0.25, 0.3) is 0 Å². The van der Waals surface area contributed by atoms with Crippen molar-refractivity contribution in [3.8, 4) is 0 Å². The molecule has 0 spiro atoms. The van der Waals surface area contributed by atoms with E-state index in [-0.39, 0.29) is 11.0 Å². The van der Waals surface area contributed by atoms with E-state index in [4.69, 9.17) is 10.5 Å². The van der Waals surface area contributed by atoms with Crippen molar-refractivity contribution in [2.45, 2.75) is 52.2 Å². The minimum absolute atomic E-state index is 0.0762. The maximum absolute atomic E-state index is 6.70. The van der Waals surface area contributed by atoms with E-state index in [1.807, 2.05) is 0 Å². The first kappa shape index (κ1) is 12.9. The normalized spacial score (nSPS) is 47.5. The second-order valence-electron chi connectivity index (χ2n) is 7.97. The van der Waals surface area contributed by atoms with Crippen LogP contribution in [0.4, 0.5) is 0 Å². The first-order valence-corrected chi connectivity index (χ1v) is 7.40. The molecule has 0 aromatic rings. The van der Waals surface area contributed by atoms with Crippen molar-refractivity contribution in [2.24, 2.45) is 28.4 Å². The molecule has 0 radical (unpaired) electrons. The Morgan fingerprint density at radius 1 is 1.28 bits per heavy atom. The zero-order valence-corrected chi connectivity index (χ0v) is 12.3. The summed E-state index contributed by atoms with van der Waals surface area (Å²) in [5.41, 5.74) is 7.29. The average Bonchev–Trinajstić information content (AvgIpc) is 2.76. The molecule has 4 atom stereocenters. The van der Waals surface area contributed by atoms with Crippen molar-refractivity contribution in [3.63, 3.8) is 0 Å². The van der Waals surface area contributed by atoms with Gasteiger partial charge in [0.1, 0.15) is 0 Å². The van der Waals surface area contributed by atoms with Crippen LogP contribution in [0, 0.1) is 22.7 Å². The minimum atomic E-state index is -0.0762. The molecule has 3 heteroatoms. The first-order chi connectivity index (χ1) is 8.29. The fourth-order valence-corrected chi connectivity index (χ4v) is 4.21. The fourth-order valence-electron chi connectivity index (χ4n) is 4.21. The lowest BCUT2D eigenvalue weighted by molar-refractivity contribution is -0.153. The summed E-state index contributed by atoms with van der Waals surface area (Å²) in [7, 11) is 0. The third-order valence-corrected chi connectivity index (χ3v) is 6.19. The summed E-state index contributed by atoms with van der Waals surface area (Å²) in [4.78, 5) is 0. The van der Waals surface area contributed by atoms with E-state index in [0.29, 0.717) is 17.4 Å². The molecular formula is C15H28N2O. The highest BCUT2D eigenvalue weighted by Crippen LogP contribution is 2.58. The van der Waals surface area contributed by atoms with Crippen LogP contribution in [0.2, 0.25) is 0 Å². The van der Waals surface area contributed by atoms with Crippen LogP contribution in [0.5, 0.6) is 0 Å². The van der Waals surface area contributed by atoms with E-state index in [1.165, 1.54) is 6.42 Å². The molecule has 1 saturated heterocycles. The van der Waals surface area contributed by atoms with Crippen LogP contribution in [-0.2, 0) is 4.74 Å². The lowest BCUT2D eigenvalue weighted by Crippen LogP contribution is -2.78. The van der Waals surface area contributed by atoms with Crippen molar-refractivity contribution in [2.75, 3.05) is 19.7 Å². The number of nitrogens with one attached hydrogen (secondary N) is 1. The number of hydrogen-bond donors (Lipinski definition) is 2. The van der Waals surface area contributed by atoms with Crippen LogP contribution >= 0.6 is 0 Å². The molecule has 0 amide bonds. The van der Waals surface area contributed by atoms with Crippen LogP contribution in [0.3, 0.4) is 0 Å². The van der Waals surface area contributed by atoms with Gasteiger partial charge in [-0.3, -0.25) is 0 Å². The second kappa shape index (κ2) is 3.71. The summed E-state index contributed by atoms with van der Waals surface area (Å²) < 4.78 is 5.83. The standard InChI is InChI=1S/C15H28N2O/c1-13(2)7-10(13)8-17-9-15(16)11-5-6-18-12(11)14(15,3)4/h10-12,17H,5-9,16H2,1-4H3. The van der Waals surface area contributed by atoms with Crippen molar-refractivity contribution < 1.29 is 4.74 Å². The smallest absolute Gasteiger partial charge is 0.0691 e. The lowest BCUT2D eigenvalue weighted by atomic mass is 9.48. The molecule has 1 aliphatic heterocycles. The van der Waals surface area contributed by atoms with Gasteiger partial charge in [0.25, 0.3) is 0 Å². The number of rotatable bonds is 4. The topological polar surface area (TPSA) is 47.3 Å². The van der Waals surface area contributed by atoms with Gasteiger partial charge in [-0.15, -0.1) is 0 Å². The van der Waals surface area contributed by atoms with Gasteiger partial charge in [-0.2, -0.15) is 0 Å². The second-order valence-corrected chi connectivity index (χ2v) is 7.97. The van der Waals surface area contributed by atoms with Crippen LogP contribution in [-0.4, -0.2) is 31.3 Å². The molecule has 0 aromatic carbocycles. The Hall–Kier alpha value is -0.120. The lowest BCUT2D eigenvalue weighted by Gasteiger charge is -2.62. The van der Waals surface area contributed by atoms with Gasteiger partial charge >= 0.3 is 0 Å². The molecule has 3 fully saturated rings. The van der Waals surface area contributed by atoms with Crippen LogP contribution < -0.4 is 11.1 Å². The predicted molar refractivity (Wildman–Crippen MR) is 73.3 cm³/mol. The summed E-state index contributed by atoms with van der Waals surface area (Å²) in [6.45, 7) is 12.2. The van der Waals surface area contributed by atoms with Gasteiger partial charge in [-0.25, -0.2) is 0 Å². The van der Waals surface area contributed by atoms with Crippen molar-refractivity contribution in [3.05, 3.63) is 0 Å². The van der Waals surface area contributed by atoms with Gasteiger partial charge in [-0.05, 0) is 30.7 Å². The highest BCUT2D eigenvalue weighted by Gasteiger charge is 2.67. The molecule has 3 N–H and O–H groups in total. The van der Waals surface area contributed by atoms with Crippen LogP contribution in [0.15, 0.2) is 0 Å². The van der Waals surface area contributed by atoms with E-state index in [2.05, 4.69) is 33.0 Å². The summed E-state index contributed by atoms with van der Waals surface area (Å²) in [6, 6.07) is 0. The Morgan fingerprint density at radius 3 is 2.56 bits per heavy atom. The molecule has 3 nitrogen and oxygen atoms in total. The molecule has 4 unspecified atom stereocenters. The average molecular weight is 252 g/mol. The Kier molecular flexibility index (Phi) is 2.66. The van der Waals surface area contributed by atoms with Crippen molar-refractivity contribution >= 4 is 0 Å². The SMILES string of the molecule is CC1(C)CC1CNCC1(N)C2CCOC2C1(C)C. The van der Waals surface area contributed by atoms with Gasteiger partial charge in [0.05, 0.1) is 6.10 Å². The Bertz CT molecular complexity index is 352. The molecule has 0 aromatic heterocycles. The quantitative estimate of drug-likeness (QED) is 0.801. The summed E-state index contributed by atoms with van der Waals surface area (Å²) in [5.74, 6) is 1.41. The van der Waals surface area contributed by atoms with E-state index >= 15 is 0 Å². The monoisotopic (exact) mass is 252 g/mol. The number of ether oxygens (including phenoxy) is 1. The minimum Gasteiger partial charge on any atom is -0.377 e. The number of nitrogens with two attached hydrogens (primary N) is 1. The van der Waals surface area contributed by atoms with Crippen LogP contribution in [0.1, 0.15) is 40.5 Å². The summed E-state index contributed by atoms with van der Waals surface area (Å²) in [5, 5.41) is 3.63. The molecule has 3 aliphatic rings. The van der Waals surface area contributed by atoms with Gasteiger partial charge in [-0.1, -0.05) is 27.7 Å². The number of fused-ring (bicyclic) bond motifs is 1. The fraction of sp³-hybridized carbons (Fsp3) is 1.00. The molecule has 3 rings (SSSR count).